The van der Waals surface area contributed by atoms with E-state index in [4.69, 9.17) is 4.52 Å². The second-order valence-corrected chi connectivity index (χ2v) is 5.52. The van der Waals surface area contributed by atoms with Gasteiger partial charge in [-0.25, -0.2) is 0 Å². The maximum absolute atomic E-state index is 11.1. The predicted octanol–water partition coefficient (Wildman–Crippen LogP) is 2.98. The summed E-state index contributed by atoms with van der Waals surface area (Å²) in [7, 11) is 1.24. The average molecular weight is 355 g/mol. The van der Waals surface area contributed by atoms with E-state index in [9.17, 15) is 4.79 Å². The van der Waals surface area contributed by atoms with Gasteiger partial charge in [0.05, 0.1) is 11.9 Å². The molecule has 0 atom stereocenters. The predicted molar refractivity (Wildman–Crippen MR) is 78.7 cm³/mol. The summed E-state index contributed by atoms with van der Waals surface area (Å²) in [5.74, 6) is 0.0261. The number of nitrogens with zero attached hydrogens (tertiary/aromatic N) is 3. The summed E-state index contributed by atoms with van der Waals surface area (Å²) < 4.78 is 9.82. The van der Waals surface area contributed by atoms with Crippen molar-refractivity contribution in [1.82, 2.24) is 5.27 Å². The minimum absolute atomic E-state index is 0.0261. The Morgan fingerprint density at radius 2 is 2.10 bits per heavy atom. The molecule has 0 aliphatic rings. The lowest BCUT2D eigenvalue weighted by Gasteiger charge is -2.21. The molecule has 0 fully saturated rings. The van der Waals surface area contributed by atoms with Gasteiger partial charge in [0.15, 0.2) is 5.88 Å². The zero-order valence-electron chi connectivity index (χ0n) is 11.8. The largest absolute Gasteiger partial charge is 0.551 e. The van der Waals surface area contributed by atoms with E-state index in [1.165, 1.54) is 11.9 Å². The molecule has 0 spiro atoms. The summed E-state index contributed by atoms with van der Waals surface area (Å²) in [5.41, 5.74) is 3.83. The first-order chi connectivity index (χ1) is 9.94. The number of amides is 1. The molecule has 0 saturated carbocycles. The van der Waals surface area contributed by atoms with E-state index in [2.05, 4.69) is 36.7 Å². The van der Waals surface area contributed by atoms with E-state index in [0.717, 1.165) is 5.56 Å². The van der Waals surface area contributed by atoms with Crippen molar-refractivity contribution < 1.29 is 18.8 Å². The van der Waals surface area contributed by atoms with Crippen LogP contribution in [0.1, 0.15) is 19.4 Å². The fourth-order valence-corrected chi connectivity index (χ4v) is 2.01. The normalized spacial score (nSPS) is 11.0. The molecular weight excluding hydrogens is 340 g/mol. The first kappa shape index (κ1) is 15.3. The minimum Gasteiger partial charge on any atom is -0.551 e. The second-order valence-electron chi connectivity index (χ2n) is 4.77. The molecule has 2 rings (SSSR count). The third kappa shape index (κ3) is 3.52. The van der Waals surface area contributed by atoms with Crippen molar-refractivity contribution in [3.63, 3.8) is 0 Å². The number of nitrogens with one attached hydrogen (secondary N) is 1. The number of methoxy groups -OCH3 is 1. The van der Waals surface area contributed by atoms with Gasteiger partial charge in [0.2, 0.25) is 11.4 Å². The molecule has 1 aromatic carbocycles. The number of aromatic nitrogens is 2. The van der Waals surface area contributed by atoms with Crippen molar-refractivity contribution in [2.24, 2.45) is 0 Å². The molecule has 1 amide bonds. The summed E-state index contributed by atoms with van der Waals surface area (Å²) in [6, 6.07) is 9.87. The maximum atomic E-state index is 11.1. The number of ether oxygens (including phenoxy) is 1. The van der Waals surface area contributed by atoms with E-state index in [0.29, 0.717) is 4.60 Å². The molecule has 0 bridgehead atoms. The Kier molecular flexibility index (Phi) is 4.46. The van der Waals surface area contributed by atoms with Gasteiger partial charge in [-0.15, -0.1) is 0 Å². The van der Waals surface area contributed by atoms with E-state index in [1.807, 2.05) is 44.2 Å². The van der Waals surface area contributed by atoms with Gasteiger partial charge in [0.25, 0.3) is 0 Å². The fourth-order valence-electron chi connectivity index (χ4n) is 1.69. The number of carbonyl (C=O) groups is 1. The van der Waals surface area contributed by atoms with Gasteiger partial charge >= 0.3 is 4.60 Å². The molecule has 8 heteroatoms. The molecule has 1 N–H and O–H groups in total. The maximum Gasteiger partial charge on any atom is 0.333 e. The van der Waals surface area contributed by atoms with Crippen LogP contribution in [0.15, 0.2) is 39.5 Å². The molecule has 0 unspecified atom stereocenters. The van der Waals surface area contributed by atoms with Gasteiger partial charge in [-0.3, -0.25) is 4.79 Å². The Balaban J connectivity index is 2.18. The zero-order chi connectivity index (χ0) is 15.5. The molecular formula is C13H15BrN4O3. The van der Waals surface area contributed by atoms with Crippen LogP contribution in [0.2, 0.25) is 0 Å². The lowest BCUT2D eigenvalue weighted by Crippen LogP contribution is -2.55. The highest BCUT2D eigenvalue weighted by molar-refractivity contribution is 9.10. The average Bonchev–Trinajstić information content (AvgIpc) is 2.80. The summed E-state index contributed by atoms with van der Waals surface area (Å²) in [5, 5.41) is 7.40. The number of hydrogen-bond donors (Lipinski definition) is 1. The standard InChI is InChI=1S/C13H15BrN4O3/c1-13(2,9-7-5-4-6-8-9)16-18-10(14)11(21-17-18)15-12(19)20-3/h4-8H,1-3H3,(H-,15,16,17,19). The van der Waals surface area contributed by atoms with E-state index in [1.54, 1.807) is 0 Å². The van der Waals surface area contributed by atoms with Crippen molar-refractivity contribution in [2.75, 3.05) is 12.5 Å². The molecule has 21 heavy (non-hydrogen) atoms. The van der Waals surface area contributed by atoms with Crippen LogP contribution in [0.3, 0.4) is 0 Å². The van der Waals surface area contributed by atoms with Crippen LogP contribution in [0.25, 0.3) is 5.32 Å². The van der Waals surface area contributed by atoms with Crippen LogP contribution < -0.4 is 10.2 Å². The molecule has 112 valence electrons. The minimum atomic E-state index is -0.763. The van der Waals surface area contributed by atoms with E-state index >= 15 is 0 Å². The topological polar surface area (TPSA) is 82.3 Å². The van der Waals surface area contributed by atoms with Crippen molar-refractivity contribution in [3.8, 4) is 0 Å². The Labute approximate surface area is 130 Å². The fraction of sp³-hybridized carbons (Fsp3) is 0.308. The van der Waals surface area contributed by atoms with E-state index in [-0.39, 0.29) is 5.88 Å². The molecule has 1 aromatic heterocycles. The Bertz CT molecular complexity index is 628. The summed E-state index contributed by atoms with van der Waals surface area (Å²) in [4.78, 5) is 12.5. The summed E-state index contributed by atoms with van der Waals surface area (Å²) in [6.45, 7) is 3.99. The van der Waals surface area contributed by atoms with Gasteiger partial charge in [0.1, 0.15) is 5.54 Å². The molecule has 1 heterocycles. The lowest BCUT2D eigenvalue weighted by atomic mass is 9.95. The van der Waals surface area contributed by atoms with Crippen LogP contribution in [0, 0.1) is 0 Å². The molecule has 0 saturated heterocycles. The number of halogens is 1. The van der Waals surface area contributed by atoms with Gasteiger partial charge in [0, 0.05) is 15.9 Å². The van der Waals surface area contributed by atoms with Gasteiger partial charge < -0.3 is 14.6 Å². The van der Waals surface area contributed by atoms with Crippen LogP contribution >= 0.6 is 15.9 Å². The first-order valence-corrected chi connectivity index (χ1v) is 6.94. The summed E-state index contributed by atoms with van der Waals surface area (Å²) >= 11 is 3.28. The Morgan fingerprint density at radius 3 is 2.71 bits per heavy atom. The zero-order valence-corrected chi connectivity index (χ0v) is 13.4. The third-order valence-electron chi connectivity index (χ3n) is 2.82. The molecule has 7 nitrogen and oxygen atoms in total. The first-order valence-electron chi connectivity index (χ1n) is 6.15. The van der Waals surface area contributed by atoms with Gasteiger partial charge in [-0.05, 0) is 19.4 Å². The quantitative estimate of drug-likeness (QED) is 0.853. The Hall–Kier alpha value is -2.09. The highest BCUT2D eigenvalue weighted by Gasteiger charge is 2.29. The highest BCUT2D eigenvalue weighted by atomic mass is 79.9. The van der Waals surface area contributed by atoms with Crippen LogP contribution in [0.5, 0.6) is 0 Å². The number of rotatable bonds is 4. The van der Waals surface area contributed by atoms with E-state index < -0.39 is 11.6 Å². The smallest absolute Gasteiger partial charge is 0.333 e. The molecule has 0 aliphatic carbocycles. The number of benzene rings is 1. The van der Waals surface area contributed by atoms with Crippen molar-refractivity contribution in [3.05, 3.63) is 45.8 Å². The highest BCUT2D eigenvalue weighted by Crippen LogP contribution is 2.26. The van der Waals surface area contributed by atoms with Crippen LogP contribution in [-0.4, -0.2) is 18.5 Å². The van der Waals surface area contributed by atoms with Crippen molar-refractivity contribution in [1.29, 1.82) is 0 Å². The van der Waals surface area contributed by atoms with Crippen molar-refractivity contribution in [2.45, 2.75) is 19.4 Å². The molecule has 0 radical (unpaired) electrons. The lowest BCUT2D eigenvalue weighted by molar-refractivity contribution is -0.735. The SMILES string of the molecule is COC(=O)[N-]c1on[n+](NC(C)(C)c2ccccc2)c1Br. The summed E-state index contributed by atoms with van der Waals surface area (Å²) in [6.07, 6.45) is -0.763. The van der Waals surface area contributed by atoms with Crippen molar-refractivity contribution >= 4 is 27.9 Å². The number of carbonyl (C=O) groups excluding carboxylic acids is 1. The monoisotopic (exact) mass is 354 g/mol. The third-order valence-corrected chi connectivity index (χ3v) is 3.49. The molecule has 2 aromatic rings. The van der Waals surface area contributed by atoms with Crippen LogP contribution in [-0.2, 0) is 10.3 Å². The van der Waals surface area contributed by atoms with Gasteiger partial charge in [-0.2, -0.15) is 5.43 Å². The second kappa shape index (κ2) is 6.13. The number of hydrogen-bond acceptors (Lipinski definition) is 5. The van der Waals surface area contributed by atoms with Gasteiger partial charge in [-0.1, -0.05) is 30.3 Å². The van der Waals surface area contributed by atoms with Crippen LogP contribution in [0.4, 0.5) is 10.7 Å². The Morgan fingerprint density at radius 1 is 1.43 bits per heavy atom. The molecule has 0 aliphatic heterocycles.